The van der Waals surface area contributed by atoms with Gasteiger partial charge in [-0.25, -0.2) is 9.18 Å². The van der Waals surface area contributed by atoms with Crippen LogP contribution in [0.3, 0.4) is 0 Å². The maximum atomic E-state index is 14.8. The Morgan fingerprint density at radius 3 is 2.08 bits per heavy atom. The second kappa shape index (κ2) is 20.4. The lowest BCUT2D eigenvalue weighted by Gasteiger charge is -2.37. The van der Waals surface area contributed by atoms with Gasteiger partial charge in [-0.2, -0.15) is 0 Å². The average molecular weight is 786 g/mol. The third kappa shape index (κ3) is 15.9. The zero-order valence-corrected chi connectivity index (χ0v) is 36.2. The molecule has 0 saturated heterocycles. The highest BCUT2D eigenvalue weighted by Crippen LogP contribution is 2.34. The van der Waals surface area contributed by atoms with Crippen molar-refractivity contribution >= 4 is 36.9 Å². The number of nitro groups is 1. The molecule has 53 heavy (non-hydrogen) atoms. The smallest absolute Gasteiger partial charge is 0.343 e. The number of hydrogen-bond acceptors (Lipinski definition) is 8. The molecule has 0 saturated carbocycles. The minimum atomic E-state index is -2.12. The van der Waals surface area contributed by atoms with Crippen molar-refractivity contribution in [1.82, 2.24) is 0 Å². The highest BCUT2D eigenvalue weighted by Gasteiger charge is 2.37. The minimum Gasteiger partial charge on any atom is -0.491 e. The summed E-state index contributed by atoms with van der Waals surface area (Å²) in [7, 11) is -5.55. The number of carbonyl (C=O) groups is 1. The van der Waals surface area contributed by atoms with E-state index in [0.29, 0.717) is 17.7 Å². The van der Waals surface area contributed by atoms with Gasteiger partial charge in [0.1, 0.15) is 5.75 Å². The largest absolute Gasteiger partial charge is 0.491 e. The number of benzene rings is 3. The summed E-state index contributed by atoms with van der Waals surface area (Å²) in [5.74, 6) is -0.745. The molecule has 0 spiro atoms. The van der Waals surface area contributed by atoms with Crippen molar-refractivity contribution in [3.63, 3.8) is 0 Å². The first-order valence-corrected chi connectivity index (χ1v) is 28.3. The molecular weight excluding hydrogens is 726 g/mol. The van der Waals surface area contributed by atoms with Crippen LogP contribution in [-0.4, -0.2) is 48.8 Å². The molecule has 9 nitrogen and oxygen atoms in total. The summed E-state index contributed by atoms with van der Waals surface area (Å²) in [6.45, 7) is 20.0. The second-order valence-electron chi connectivity index (χ2n) is 15.8. The Bertz CT molecular complexity index is 1630. The summed E-state index contributed by atoms with van der Waals surface area (Å²) < 4.78 is 44.9. The van der Waals surface area contributed by atoms with Gasteiger partial charge in [-0.1, -0.05) is 63.6 Å². The topological polar surface area (TPSA) is 106 Å². The molecule has 3 aromatic rings. The Balaban J connectivity index is 1.43. The van der Waals surface area contributed by atoms with Gasteiger partial charge in [0, 0.05) is 6.07 Å². The molecule has 0 aliphatic heterocycles. The predicted octanol–water partition coefficient (Wildman–Crippen LogP) is 12.1. The number of halogens is 1. The van der Waals surface area contributed by atoms with E-state index in [1.165, 1.54) is 18.2 Å². The fraction of sp³-hybridized carbons (Fsp3) is 0.525. The highest BCUT2D eigenvalue weighted by atomic mass is 28.5. The Morgan fingerprint density at radius 2 is 1.43 bits per heavy atom. The van der Waals surface area contributed by atoms with Gasteiger partial charge in [0.15, 0.2) is 34.0 Å². The molecule has 0 N–H and O–H groups in total. The van der Waals surface area contributed by atoms with E-state index in [1.54, 1.807) is 36.4 Å². The van der Waals surface area contributed by atoms with E-state index in [-0.39, 0.29) is 34.6 Å². The number of esters is 1. The zero-order chi connectivity index (χ0) is 39.2. The summed E-state index contributed by atoms with van der Waals surface area (Å²) in [6, 6.07) is 16.6. The molecule has 13 heteroatoms. The number of nitrogens with zero attached hydrogens (tertiary/aromatic N) is 1. The number of carbonyl (C=O) groups excluding carboxylic acids is 1. The number of unbranched alkanes of at least 4 members (excludes halogenated alkanes) is 6. The van der Waals surface area contributed by atoms with E-state index < -0.39 is 41.9 Å². The third-order valence-electron chi connectivity index (χ3n) is 8.52. The van der Waals surface area contributed by atoms with E-state index in [1.807, 2.05) is 6.92 Å². The molecule has 0 bridgehead atoms. The predicted molar refractivity (Wildman–Crippen MR) is 218 cm³/mol. The Labute approximate surface area is 319 Å². The zero-order valence-electron chi connectivity index (χ0n) is 33.2. The molecule has 0 unspecified atom stereocenters. The van der Waals surface area contributed by atoms with Crippen LogP contribution in [0.5, 0.6) is 17.2 Å². The molecule has 3 aromatic carbocycles. The van der Waals surface area contributed by atoms with Crippen LogP contribution in [0, 0.1) is 15.9 Å². The quantitative estimate of drug-likeness (QED) is 0.0234. The van der Waals surface area contributed by atoms with Crippen LogP contribution >= 0.6 is 0 Å². The first-order chi connectivity index (χ1) is 24.9. The maximum absolute atomic E-state index is 14.8. The summed E-state index contributed by atoms with van der Waals surface area (Å²) >= 11 is 0. The average Bonchev–Trinajstić information content (AvgIpc) is 3.05. The van der Waals surface area contributed by atoms with E-state index in [2.05, 4.69) is 52.8 Å². The van der Waals surface area contributed by atoms with Crippen molar-refractivity contribution in [2.75, 3.05) is 6.61 Å². The first kappa shape index (κ1) is 44.0. The Kier molecular flexibility index (Phi) is 16.9. The third-order valence-corrected chi connectivity index (χ3v) is 18.7. The van der Waals surface area contributed by atoms with Crippen LogP contribution in [0.15, 0.2) is 60.7 Å². The number of rotatable bonds is 23. The van der Waals surface area contributed by atoms with Gasteiger partial charge in [0.2, 0.25) is 0 Å². The van der Waals surface area contributed by atoms with Gasteiger partial charge in [-0.05, 0) is 126 Å². The van der Waals surface area contributed by atoms with Crippen LogP contribution in [-0.2, 0) is 8.23 Å². The van der Waals surface area contributed by atoms with Gasteiger partial charge in [-0.15, -0.1) is 0 Å². The molecule has 0 amide bonds. The van der Waals surface area contributed by atoms with E-state index in [9.17, 15) is 19.3 Å². The van der Waals surface area contributed by atoms with Crippen molar-refractivity contribution in [3.8, 4) is 28.4 Å². The molecule has 0 fully saturated rings. The van der Waals surface area contributed by atoms with Crippen LogP contribution in [0.4, 0.5) is 10.1 Å². The number of hydrogen-bond donors (Lipinski definition) is 0. The van der Waals surface area contributed by atoms with Crippen molar-refractivity contribution in [1.29, 1.82) is 0 Å². The summed E-state index contributed by atoms with van der Waals surface area (Å²) in [5.41, 5.74) is 1.27. The highest BCUT2D eigenvalue weighted by molar-refractivity contribution is 6.87. The fourth-order valence-corrected chi connectivity index (χ4v) is 19.6. The lowest BCUT2D eigenvalue weighted by Crippen LogP contribution is -2.51. The van der Waals surface area contributed by atoms with Crippen LogP contribution in [0.2, 0.25) is 51.9 Å². The molecule has 0 aliphatic carbocycles. The first-order valence-electron chi connectivity index (χ1n) is 19.0. The molecule has 0 aromatic heterocycles. The lowest BCUT2D eigenvalue weighted by atomic mass is 10.0. The van der Waals surface area contributed by atoms with Gasteiger partial charge in [0.05, 0.1) is 23.2 Å². The fourth-order valence-electron chi connectivity index (χ4n) is 6.36. The second-order valence-corrected chi connectivity index (χ2v) is 28.4. The monoisotopic (exact) mass is 785 g/mol. The molecular formula is C40H60FNO8Si3. The van der Waals surface area contributed by atoms with E-state index >= 15 is 0 Å². The number of ether oxygens (including phenoxy) is 3. The van der Waals surface area contributed by atoms with Crippen molar-refractivity contribution in [2.45, 2.75) is 130 Å². The normalized spacial score (nSPS) is 12.7. The lowest BCUT2D eigenvalue weighted by molar-refractivity contribution is -0.386. The Morgan fingerprint density at radius 1 is 0.792 bits per heavy atom. The minimum absolute atomic E-state index is 0.0580. The molecule has 0 aliphatic rings. The summed E-state index contributed by atoms with van der Waals surface area (Å²) in [5, 5.41) is 11.8. The standard InChI is InChI=1S/C40H60FNO8Si3/c1-10-11-15-18-31(2)47-39-26-21-33(30-37(39)42(44)45)32-19-23-35(24-20-32)48-40(43)34-22-25-38(36(41)29-34)46-27-16-13-12-14-17-28-52(6,7)50-53(8,9)49-51(3,4)5/h19-26,29-31H,10-18,27-28H2,1-9H3/t31-/m1/s1. The van der Waals surface area contributed by atoms with Crippen molar-refractivity contribution in [3.05, 3.63) is 82.2 Å². The number of nitro benzene ring substituents is 1. The summed E-state index contributed by atoms with van der Waals surface area (Å²) in [6.07, 6.45) is 9.00. The molecule has 3 rings (SSSR count). The van der Waals surface area contributed by atoms with Gasteiger partial charge < -0.3 is 22.4 Å². The summed E-state index contributed by atoms with van der Waals surface area (Å²) in [4.78, 5) is 24.2. The molecule has 0 heterocycles. The Hall–Kier alpha value is -3.37. The van der Waals surface area contributed by atoms with Gasteiger partial charge in [-0.3, -0.25) is 10.1 Å². The molecule has 0 radical (unpaired) electrons. The molecule has 292 valence electrons. The van der Waals surface area contributed by atoms with Crippen molar-refractivity contribution < 1.29 is 36.5 Å². The van der Waals surface area contributed by atoms with Gasteiger partial charge >= 0.3 is 20.2 Å². The maximum Gasteiger partial charge on any atom is 0.343 e. The van der Waals surface area contributed by atoms with Crippen LogP contribution in [0.25, 0.3) is 11.1 Å². The molecule has 1 atom stereocenters. The van der Waals surface area contributed by atoms with Crippen LogP contribution < -0.4 is 14.2 Å². The van der Waals surface area contributed by atoms with Crippen LogP contribution in [0.1, 0.15) is 82.0 Å². The van der Waals surface area contributed by atoms with E-state index in [4.69, 9.17) is 22.4 Å². The SMILES string of the molecule is CCCCC[C@@H](C)Oc1ccc(-c2ccc(OC(=O)c3ccc(OCCCCCCC[Si](C)(C)O[Si](C)(C)O[Si](C)(C)C)c(F)c3)cc2)cc1[N+](=O)[O-]. The van der Waals surface area contributed by atoms with Crippen molar-refractivity contribution in [2.24, 2.45) is 0 Å². The van der Waals surface area contributed by atoms with Gasteiger partial charge in [0.25, 0.3) is 0 Å². The van der Waals surface area contributed by atoms with E-state index in [0.717, 1.165) is 69.9 Å².